The minimum Gasteiger partial charge on any atom is -0.388 e. The number of nitrogens with one attached hydrogen (secondary N) is 1. The zero-order valence-corrected chi connectivity index (χ0v) is 16.7. The van der Waals surface area contributed by atoms with E-state index in [4.69, 9.17) is 0 Å². The van der Waals surface area contributed by atoms with Gasteiger partial charge in [-0.15, -0.1) is 0 Å². The lowest BCUT2D eigenvalue weighted by Gasteiger charge is -2.22. The van der Waals surface area contributed by atoms with Gasteiger partial charge in [-0.1, -0.05) is 38.8 Å². The van der Waals surface area contributed by atoms with Crippen LogP contribution in [-0.4, -0.2) is 44.3 Å². The predicted molar refractivity (Wildman–Crippen MR) is 105 cm³/mol. The van der Waals surface area contributed by atoms with Gasteiger partial charge in [0.15, 0.2) is 0 Å². The van der Waals surface area contributed by atoms with Gasteiger partial charge in [-0.25, -0.2) is 8.42 Å². The SMILES string of the molecule is CCCCN(CCCC)CCC[C@@H](O)c1ccc(NS(C)(=O)=O)cc1. The van der Waals surface area contributed by atoms with Gasteiger partial charge < -0.3 is 10.0 Å². The van der Waals surface area contributed by atoms with E-state index < -0.39 is 16.1 Å². The Bertz CT molecular complexity index is 565. The van der Waals surface area contributed by atoms with Gasteiger partial charge in [-0.3, -0.25) is 4.72 Å². The molecule has 144 valence electrons. The molecule has 0 aliphatic heterocycles. The van der Waals surface area contributed by atoms with E-state index in [0.29, 0.717) is 12.1 Å². The monoisotopic (exact) mass is 370 g/mol. The molecule has 0 heterocycles. The lowest BCUT2D eigenvalue weighted by Crippen LogP contribution is -2.27. The number of nitrogens with zero attached hydrogens (tertiary/aromatic N) is 1. The molecule has 1 aromatic rings. The maximum Gasteiger partial charge on any atom is 0.229 e. The van der Waals surface area contributed by atoms with E-state index in [9.17, 15) is 13.5 Å². The van der Waals surface area contributed by atoms with Gasteiger partial charge in [0.1, 0.15) is 0 Å². The molecule has 1 aromatic carbocycles. The molecule has 0 aliphatic rings. The third-order valence-electron chi connectivity index (χ3n) is 4.21. The number of benzene rings is 1. The summed E-state index contributed by atoms with van der Waals surface area (Å²) in [5.41, 5.74) is 1.34. The van der Waals surface area contributed by atoms with Gasteiger partial charge in [0.25, 0.3) is 0 Å². The van der Waals surface area contributed by atoms with Crippen molar-refractivity contribution in [1.29, 1.82) is 0 Å². The molecule has 6 heteroatoms. The molecule has 0 unspecified atom stereocenters. The number of hydrogen-bond donors (Lipinski definition) is 2. The lowest BCUT2D eigenvalue weighted by atomic mass is 10.0. The Kier molecular flexibility index (Phi) is 10.1. The van der Waals surface area contributed by atoms with Crippen molar-refractivity contribution in [3.63, 3.8) is 0 Å². The van der Waals surface area contributed by atoms with Crippen molar-refractivity contribution < 1.29 is 13.5 Å². The predicted octanol–water partition coefficient (Wildman–Crippen LogP) is 3.77. The van der Waals surface area contributed by atoms with Gasteiger partial charge in [0.2, 0.25) is 10.0 Å². The van der Waals surface area contributed by atoms with Crippen molar-refractivity contribution in [3.8, 4) is 0 Å². The van der Waals surface area contributed by atoms with Crippen molar-refractivity contribution in [1.82, 2.24) is 4.90 Å². The second-order valence-electron chi connectivity index (χ2n) is 6.70. The van der Waals surface area contributed by atoms with Crippen LogP contribution in [0.5, 0.6) is 0 Å². The highest BCUT2D eigenvalue weighted by Gasteiger charge is 2.10. The largest absolute Gasteiger partial charge is 0.388 e. The number of unbranched alkanes of at least 4 members (excludes halogenated alkanes) is 2. The lowest BCUT2D eigenvalue weighted by molar-refractivity contribution is 0.154. The Balaban J connectivity index is 2.45. The van der Waals surface area contributed by atoms with Gasteiger partial charge >= 0.3 is 0 Å². The van der Waals surface area contributed by atoms with Crippen LogP contribution in [0.4, 0.5) is 5.69 Å². The first kappa shape index (κ1) is 21.9. The molecule has 5 nitrogen and oxygen atoms in total. The van der Waals surface area contributed by atoms with E-state index in [1.54, 1.807) is 24.3 Å². The number of rotatable bonds is 13. The van der Waals surface area contributed by atoms with E-state index in [1.165, 1.54) is 25.7 Å². The molecule has 0 aliphatic carbocycles. The normalized spacial score (nSPS) is 13.2. The molecule has 25 heavy (non-hydrogen) atoms. The average Bonchev–Trinajstić information content (AvgIpc) is 2.55. The molecule has 0 fully saturated rings. The summed E-state index contributed by atoms with van der Waals surface area (Å²) in [5, 5.41) is 10.4. The van der Waals surface area contributed by atoms with Crippen LogP contribution in [0, 0.1) is 0 Å². The van der Waals surface area contributed by atoms with E-state index in [1.807, 2.05) is 0 Å². The molecule has 0 spiro atoms. The van der Waals surface area contributed by atoms with E-state index in [0.717, 1.165) is 37.9 Å². The molecule has 0 amide bonds. The van der Waals surface area contributed by atoms with Crippen molar-refractivity contribution in [2.45, 2.75) is 58.5 Å². The fraction of sp³-hybridized carbons (Fsp3) is 0.684. The molecular weight excluding hydrogens is 336 g/mol. The summed E-state index contributed by atoms with van der Waals surface area (Å²) >= 11 is 0. The molecule has 0 radical (unpaired) electrons. The molecule has 1 rings (SSSR count). The third-order valence-corrected chi connectivity index (χ3v) is 4.81. The average molecular weight is 371 g/mol. The Morgan fingerprint density at radius 1 is 1.00 bits per heavy atom. The highest BCUT2D eigenvalue weighted by atomic mass is 32.2. The van der Waals surface area contributed by atoms with Crippen LogP contribution in [0.15, 0.2) is 24.3 Å². The summed E-state index contributed by atoms with van der Waals surface area (Å²) in [6, 6.07) is 6.94. The van der Waals surface area contributed by atoms with Gasteiger partial charge in [-0.05, 0) is 63.0 Å². The highest BCUT2D eigenvalue weighted by molar-refractivity contribution is 7.92. The first-order chi connectivity index (χ1) is 11.9. The van der Waals surface area contributed by atoms with Crippen molar-refractivity contribution in [2.75, 3.05) is 30.6 Å². The summed E-state index contributed by atoms with van der Waals surface area (Å²) in [6.45, 7) is 7.72. The highest BCUT2D eigenvalue weighted by Crippen LogP contribution is 2.21. The number of anilines is 1. The first-order valence-corrected chi connectivity index (χ1v) is 11.2. The van der Waals surface area contributed by atoms with Crippen LogP contribution in [-0.2, 0) is 10.0 Å². The number of sulfonamides is 1. The molecule has 2 N–H and O–H groups in total. The fourth-order valence-electron chi connectivity index (χ4n) is 2.76. The summed E-state index contributed by atoms with van der Waals surface area (Å²) in [6.07, 6.45) is 7.15. The quantitative estimate of drug-likeness (QED) is 0.554. The van der Waals surface area contributed by atoms with Gasteiger partial charge in [0.05, 0.1) is 12.4 Å². The van der Waals surface area contributed by atoms with Crippen LogP contribution in [0.25, 0.3) is 0 Å². The Labute approximate surface area is 153 Å². The van der Waals surface area contributed by atoms with Gasteiger partial charge in [-0.2, -0.15) is 0 Å². The first-order valence-electron chi connectivity index (χ1n) is 9.34. The second kappa shape index (κ2) is 11.5. The summed E-state index contributed by atoms with van der Waals surface area (Å²) in [7, 11) is -3.27. The van der Waals surface area contributed by atoms with Gasteiger partial charge in [0, 0.05) is 5.69 Å². The smallest absolute Gasteiger partial charge is 0.229 e. The van der Waals surface area contributed by atoms with E-state index >= 15 is 0 Å². The minimum atomic E-state index is -3.27. The minimum absolute atomic E-state index is 0.508. The Hall–Kier alpha value is -1.11. The Morgan fingerprint density at radius 2 is 1.52 bits per heavy atom. The van der Waals surface area contributed by atoms with Crippen LogP contribution in [0.1, 0.15) is 64.0 Å². The topological polar surface area (TPSA) is 69.6 Å². The van der Waals surface area contributed by atoms with Crippen molar-refractivity contribution in [3.05, 3.63) is 29.8 Å². The van der Waals surface area contributed by atoms with Crippen LogP contribution >= 0.6 is 0 Å². The van der Waals surface area contributed by atoms with Crippen LogP contribution in [0.2, 0.25) is 0 Å². The summed E-state index contributed by atoms with van der Waals surface area (Å²) in [5.74, 6) is 0. The zero-order valence-electron chi connectivity index (χ0n) is 15.9. The molecule has 1 atom stereocenters. The fourth-order valence-corrected chi connectivity index (χ4v) is 3.33. The number of aliphatic hydroxyl groups is 1. The Morgan fingerprint density at radius 3 is 2.00 bits per heavy atom. The second-order valence-corrected chi connectivity index (χ2v) is 8.45. The van der Waals surface area contributed by atoms with Crippen LogP contribution in [0.3, 0.4) is 0 Å². The van der Waals surface area contributed by atoms with Crippen LogP contribution < -0.4 is 4.72 Å². The maximum atomic E-state index is 11.2. The molecular formula is C19H34N2O3S. The summed E-state index contributed by atoms with van der Waals surface area (Å²) < 4.78 is 24.8. The van der Waals surface area contributed by atoms with E-state index in [2.05, 4.69) is 23.5 Å². The summed E-state index contributed by atoms with van der Waals surface area (Å²) in [4.78, 5) is 2.50. The molecule has 0 saturated carbocycles. The molecule has 0 bridgehead atoms. The van der Waals surface area contributed by atoms with Crippen molar-refractivity contribution in [2.24, 2.45) is 0 Å². The standard InChI is InChI=1S/C19H34N2O3S/c1-4-6-14-21(15-7-5-2)16-8-9-19(22)17-10-12-18(13-11-17)20-25(3,23)24/h10-13,19-20,22H,4-9,14-16H2,1-3H3/t19-/m1/s1. The van der Waals surface area contributed by atoms with Crippen molar-refractivity contribution >= 4 is 15.7 Å². The van der Waals surface area contributed by atoms with E-state index in [-0.39, 0.29) is 0 Å². The third kappa shape index (κ3) is 9.82. The zero-order chi connectivity index (χ0) is 18.7. The maximum absolute atomic E-state index is 11.2. The number of aliphatic hydroxyl groups excluding tert-OH is 1. The molecule has 0 saturated heterocycles. The molecule has 0 aromatic heterocycles. The number of hydrogen-bond acceptors (Lipinski definition) is 4.